The zero-order chi connectivity index (χ0) is 20.3. The van der Waals surface area contributed by atoms with E-state index < -0.39 is 41.9 Å². The monoisotopic (exact) mass is 391 g/mol. The Kier molecular flexibility index (Phi) is 11.0. The topological polar surface area (TPSA) is 162 Å². The van der Waals surface area contributed by atoms with Crippen molar-refractivity contribution in [3.63, 3.8) is 0 Å². The zero-order valence-electron chi connectivity index (χ0n) is 14.9. The van der Waals surface area contributed by atoms with Gasteiger partial charge in [-0.25, -0.2) is 4.79 Å². The van der Waals surface area contributed by atoms with E-state index in [1.54, 1.807) is 6.92 Å². The maximum Gasteiger partial charge on any atom is 0.327 e. The molecule has 0 aromatic carbocycles. The second-order valence-corrected chi connectivity index (χ2v) is 6.64. The first-order valence-corrected chi connectivity index (χ1v) is 9.16. The number of rotatable bonds is 12. The lowest BCUT2D eigenvalue weighted by Gasteiger charge is -2.16. The molecule has 0 rings (SSSR count). The third-order valence-electron chi connectivity index (χ3n) is 3.21. The molecule has 0 aliphatic rings. The van der Waals surface area contributed by atoms with Gasteiger partial charge in [0.05, 0.1) is 0 Å². The Morgan fingerprint density at radius 3 is 2.00 bits per heavy atom. The molecule has 148 valence electrons. The SMILES string of the molecule is CCC(=O)N[C@@H](CSCCC(=O)N[C@H](C)C(=O)N[C@H](C)C(=O)O)C(=O)O. The van der Waals surface area contributed by atoms with Crippen molar-refractivity contribution in [3.05, 3.63) is 0 Å². The molecule has 0 saturated carbocycles. The third kappa shape index (κ3) is 9.87. The summed E-state index contributed by atoms with van der Waals surface area (Å²) in [4.78, 5) is 56.5. The molecule has 0 aliphatic carbocycles. The van der Waals surface area contributed by atoms with Gasteiger partial charge in [0.2, 0.25) is 17.7 Å². The fraction of sp³-hybridized carbons (Fsp3) is 0.667. The van der Waals surface area contributed by atoms with Gasteiger partial charge in [-0.1, -0.05) is 6.92 Å². The van der Waals surface area contributed by atoms with E-state index in [2.05, 4.69) is 16.0 Å². The molecule has 0 saturated heterocycles. The Hall–Kier alpha value is -2.30. The minimum absolute atomic E-state index is 0.0465. The van der Waals surface area contributed by atoms with E-state index in [1.807, 2.05) is 0 Å². The highest BCUT2D eigenvalue weighted by atomic mass is 32.2. The highest BCUT2D eigenvalue weighted by Gasteiger charge is 2.21. The van der Waals surface area contributed by atoms with Gasteiger partial charge < -0.3 is 26.2 Å². The largest absolute Gasteiger partial charge is 0.480 e. The summed E-state index contributed by atoms with van der Waals surface area (Å²) in [5, 5.41) is 24.8. The van der Waals surface area contributed by atoms with Crippen LogP contribution in [-0.2, 0) is 24.0 Å². The fourth-order valence-corrected chi connectivity index (χ4v) is 2.57. The highest BCUT2D eigenvalue weighted by Crippen LogP contribution is 2.06. The van der Waals surface area contributed by atoms with E-state index in [-0.39, 0.29) is 24.5 Å². The molecule has 0 bridgehead atoms. The Morgan fingerprint density at radius 2 is 1.50 bits per heavy atom. The van der Waals surface area contributed by atoms with E-state index in [0.29, 0.717) is 5.75 Å². The van der Waals surface area contributed by atoms with Crippen molar-refractivity contribution in [1.82, 2.24) is 16.0 Å². The molecule has 10 nitrogen and oxygen atoms in total. The zero-order valence-corrected chi connectivity index (χ0v) is 15.7. The van der Waals surface area contributed by atoms with Crippen LogP contribution in [-0.4, -0.2) is 69.5 Å². The summed E-state index contributed by atoms with van der Waals surface area (Å²) in [5.41, 5.74) is 0. The molecule has 0 radical (unpaired) electrons. The van der Waals surface area contributed by atoms with Crippen LogP contribution in [0.4, 0.5) is 0 Å². The van der Waals surface area contributed by atoms with Crippen LogP contribution in [0.3, 0.4) is 0 Å². The van der Waals surface area contributed by atoms with E-state index >= 15 is 0 Å². The Morgan fingerprint density at radius 1 is 0.885 bits per heavy atom. The average molecular weight is 391 g/mol. The van der Waals surface area contributed by atoms with Gasteiger partial charge in [-0.2, -0.15) is 11.8 Å². The van der Waals surface area contributed by atoms with Crippen molar-refractivity contribution in [3.8, 4) is 0 Å². The molecule has 0 spiro atoms. The Balaban J connectivity index is 4.17. The molecule has 0 aliphatic heterocycles. The number of carboxylic acids is 2. The van der Waals surface area contributed by atoms with Crippen LogP contribution < -0.4 is 16.0 Å². The molecule has 3 amide bonds. The van der Waals surface area contributed by atoms with Crippen LogP contribution in [0.25, 0.3) is 0 Å². The van der Waals surface area contributed by atoms with Crippen LogP contribution >= 0.6 is 11.8 Å². The van der Waals surface area contributed by atoms with E-state index in [9.17, 15) is 24.0 Å². The minimum atomic E-state index is -1.18. The normalized spacial score (nSPS) is 13.8. The molecule has 26 heavy (non-hydrogen) atoms. The third-order valence-corrected chi connectivity index (χ3v) is 4.27. The van der Waals surface area contributed by atoms with Gasteiger partial charge in [0.15, 0.2) is 0 Å². The van der Waals surface area contributed by atoms with Gasteiger partial charge in [0.25, 0.3) is 0 Å². The summed E-state index contributed by atoms with van der Waals surface area (Å²) in [6, 6.07) is -2.99. The lowest BCUT2D eigenvalue weighted by molar-refractivity contribution is -0.141. The maximum absolute atomic E-state index is 11.8. The molecule has 0 fully saturated rings. The molecule has 0 unspecified atom stereocenters. The van der Waals surface area contributed by atoms with Gasteiger partial charge >= 0.3 is 11.9 Å². The minimum Gasteiger partial charge on any atom is -0.480 e. The number of amides is 3. The van der Waals surface area contributed by atoms with Gasteiger partial charge in [-0.05, 0) is 13.8 Å². The Labute approximate surface area is 155 Å². The summed E-state index contributed by atoms with van der Waals surface area (Å²) in [6.45, 7) is 4.34. The summed E-state index contributed by atoms with van der Waals surface area (Å²) in [6.07, 6.45) is 0.224. The number of aliphatic carboxylic acids is 2. The van der Waals surface area contributed by atoms with Crippen LogP contribution in [0.1, 0.15) is 33.6 Å². The van der Waals surface area contributed by atoms with Gasteiger partial charge in [0.1, 0.15) is 18.1 Å². The molecule has 3 atom stereocenters. The van der Waals surface area contributed by atoms with E-state index in [1.165, 1.54) is 25.6 Å². The molecule has 0 heterocycles. The number of carbonyl (C=O) groups is 5. The van der Waals surface area contributed by atoms with Gasteiger partial charge in [-0.3, -0.25) is 19.2 Å². The first-order chi connectivity index (χ1) is 12.1. The molecule has 11 heteroatoms. The van der Waals surface area contributed by atoms with Crippen LogP contribution in [0.2, 0.25) is 0 Å². The lowest BCUT2D eigenvalue weighted by Crippen LogP contribution is -2.49. The average Bonchev–Trinajstić information content (AvgIpc) is 2.56. The number of thioether (sulfide) groups is 1. The molecule has 0 aromatic heterocycles. The van der Waals surface area contributed by atoms with Crippen LogP contribution in [0, 0.1) is 0 Å². The van der Waals surface area contributed by atoms with Crippen molar-refractivity contribution in [2.45, 2.75) is 51.7 Å². The standard InChI is InChI=1S/C15H25N3O7S/c1-4-11(19)18-10(15(24)25)7-26-6-5-12(20)16-8(2)13(21)17-9(3)14(22)23/h8-10H,4-7H2,1-3H3,(H,16,20)(H,17,21)(H,18,19)(H,22,23)(H,24,25)/t8-,9-,10+/m1/s1. The number of hydrogen-bond donors (Lipinski definition) is 5. The summed E-state index contributed by atoms with van der Waals surface area (Å²) < 4.78 is 0. The van der Waals surface area contributed by atoms with Gasteiger partial charge in [0, 0.05) is 24.3 Å². The highest BCUT2D eigenvalue weighted by molar-refractivity contribution is 7.99. The lowest BCUT2D eigenvalue weighted by atomic mass is 10.2. The van der Waals surface area contributed by atoms with Crippen LogP contribution in [0.5, 0.6) is 0 Å². The first-order valence-electron chi connectivity index (χ1n) is 8.00. The quantitative estimate of drug-likeness (QED) is 0.270. The van der Waals surface area contributed by atoms with Crippen molar-refractivity contribution in [2.24, 2.45) is 0 Å². The predicted octanol–water partition coefficient (Wildman–Crippen LogP) is -0.817. The van der Waals surface area contributed by atoms with Crippen molar-refractivity contribution >= 4 is 41.4 Å². The Bertz CT molecular complexity index is 541. The molecule has 5 N–H and O–H groups in total. The number of nitrogens with one attached hydrogen (secondary N) is 3. The number of carbonyl (C=O) groups excluding carboxylic acids is 3. The first kappa shape index (κ1) is 23.7. The second-order valence-electron chi connectivity index (χ2n) is 5.49. The molecule has 0 aromatic rings. The molecular weight excluding hydrogens is 366 g/mol. The summed E-state index contributed by atoms with van der Waals surface area (Å²) in [5.74, 6) is -3.33. The van der Waals surface area contributed by atoms with Crippen molar-refractivity contribution < 1.29 is 34.2 Å². The van der Waals surface area contributed by atoms with Crippen LogP contribution in [0.15, 0.2) is 0 Å². The maximum atomic E-state index is 11.8. The second kappa shape index (κ2) is 12.1. The van der Waals surface area contributed by atoms with E-state index in [0.717, 1.165) is 0 Å². The number of carboxylic acid groups (broad SMARTS) is 2. The summed E-state index contributed by atoms with van der Waals surface area (Å²) >= 11 is 1.19. The van der Waals surface area contributed by atoms with Gasteiger partial charge in [-0.15, -0.1) is 0 Å². The van der Waals surface area contributed by atoms with Crippen molar-refractivity contribution in [2.75, 3.05) is 11.5 Å². The van der Waals surface area contributed by atoms with E-state index in [4.69, 9.17) is 10.2 Å². The van der Waals surface area contributed by atoms with Crippen molar-refractivity contribution in [1.29, 1.82) is 0 Å². The fourth-order valence-electron chi connectivity index (χ4n) is 1.62. The summed E-state index contributed by atoms with van der Waals surface area (Å²) in [7, 11) is 0. The predicted molar refractivity (Wildman–Crippen MR) is 94.6 cm³/mol. The molecular formula is C15H25N3O7S. The smallest absolute Gasteiger partial charge is 0.327 e. The number of hydrogen-bond acceptors (Lipinski definition) is 6.